The minimum absolute atomic E-state index is 0.00241. The largest absolute Gasteiger partial charge is 0.493 e. The van der Waals surface area contributed by atoms with Crippen LogP contribution in [0.25, 0.3) is 16.6 Å². The van der Waals surface area contributed by atoms with E-state index in [1.165, 1.54) is 0 Å². The zero-order chi connectivity index (χ0) is 12.5. The average molecular weight is 237 g/mol. The average Bonchev–Trinajstić information content (AvgIpc) is 2.71. The molecule has 2 N–H and O–H groups in total. The molecule has 0 unspecified atom stereocenters. The maximum atomic E-state index is 10.2. The maximum Gasteiger partial charge on any atom is 0.225 e. The van der Waals surface area contributed by atoms with E-state index >= 15 is 0 Å². The predicted molar refractivity (Wildman–Crippen MR) is 69.7 cm³/mol. The van der Waals surface area contributed by atoms with Gasteiger partial charge in [-0.05, 0) is 18.2 Å². The van der Waals surface area contributed by atoms with Gasteiger partial charge in [0.05, 0.1) is 5.52 Å². The normalized spacial score (nSPS) is 10.7. The number of nitrogens with zero attached hydrogens (tertiary/aromatic N) is 2. The first-order chi connectivity index (χ1) is 8.83. The monoisotopic (exact) mass is 237 g/mol. The van der Waals surface area contributed by atoms with E-state index in [0.717, 1.165) is 16.6 Å². The van der Waals surface area contributed by atoms with Crippen molar-refractivity contribution in [2.75, 3.05) is 0 Å². The summed E-state index contributed by atoms with van der Waals surface area (Å²) in [6.45, 7) is 0. The molecule has 0 amide bonds. The molecular formula is C14H11N3O. The first kappa shape index (κ1) is 10.5. The van der Waals surface area contributed by atoms with Crippen LogP contribution in [-0.4, -0.2) is 9.67 Å². The van der Waals surface area contributed by atoms with Crippen LogP contribution in [0.15, 0.2) is 59.7 Å². The lowest BCUT2D eigenvalue weighted by Gasteiger charge is -2.06. The SMILES string of the molecule is N=Nc1c(O)n(-c2ccccc2)c2ccccc12. The number of para-hydroxylation sites is 2. The van der Waals surface area contributed by atoms with Gasteiger partial charge in [-0.15, -0.1) is 0 Å². The number of hydrogen-bond donors (Lipinski definition) is 2. The molecule has 0 spiro atoms. The Kier molecular flexibility index (Phi) is 2.34. The van der Waals surface area contributed by atoms with Gasteiger partial charge in [-0.3, -0.25) is 4.57 Å². The summed E-state index contributed by atoms with van der Waals surface area (Å²) < 4.78 is 1.70. The number of aromatic nitrogens is 1. The molecule has 0 saturated carbocycles. The van der Waals surface area contributed by atoms with Crippen molar-refractivity contribution in [3.05, 3.63) is 54.6 Å². The molecule has 0 radical (unpaired) electrons. The second-order valence-electron chi connectivity index (χ2n) is 3.97. The maximum absolute atomic E-state index is 10.2. The Morgan fingerprint density at radius 2 is 1.61 bits per heavy atom. The smallest absolute Gasteiger partial charge is 0.225 e. The van der Waals surface area contributed by atoms with Gasteiger partial charge in [0.1, 0.15) is 0 Å². The highest BCUT2D eigenvalue weighted by atomic mass is 16.3. The first-order valence-corrected chi connectivity index (χ1v) is 5.58. The zero-order valence-electron chi connectivity index (χ0n) is 9.54. The zero-order valence-corrected chi connectivity index (χ0v) is 9.54. The van der Waals surface area contributed by atoms with Gasteiger partial charge >= 0.3 is 0 Å². The van der Waals surface area contributed by atoms with E-state index in [0.29, 0.717) is 5.69 Å². The standard InChI is InChI=1S/C14H11N3O/c15-16-13-11-8-4-5-9-12(11)17(14(13)18)10-6-2-1-3-7-10/h1-9,15,18H. The van der Waals surface area contributed by atoms with Gasteiger partial charge in [0.2, 0.25) is 5.88 Å². The van der Waals surface area contributed by atoms with E-state index < -0.39 is 0 Å². The summed E-state index contributed by atoms with van der Waals surface area (Å²) in [5, 5.41) is 14.4. The van der Waals surface area contributed by atoms with E-state index in [-0.39, 0.29) is 5.88 Å². The van der Waals surface area contributed by atoms with Crippen molar-refractivity contribution in [1.82, 2.24) is 4.57 Å². The lowest BCUT2D eigenvalue weighted by molar-refractivity contribution is 0.446. The van der Waals surface area contributed by atoms with Crippen LogP contribution in [0.1, 0.15) is 0 Å². The summed E-state index contributed by atoms with van der Waals surface area (Å²) in [6.07, 6.45) is 0. The lowest BCUT2D eigenvalue weighted by atomic mass is 10.2. The Morgan fingerprint density at radius 3 is 2.33 bits per heavy atom. The number of aromatic hydroxyl groups is 1. The van der Waals surface area contributed by atoms with Gasteiger partial charge in [0.15, 0.2) is 5.69 Å². The van der Waals surface area contributed by atoms with Crippen molar-refractivity contribution >= 4 is 16.6 Å². The van der Waals surface area contributed by atoms with Gasteiger partial charge in [0, 0.05) is 11.1 Å². The van der Waals surface area contributed by atoms with E-state index in [2.05, 4.69) is 5.11 Å². The second-order valence-corrected chi connectivity index (χ2v) is 3.97. The molecule has 2 aromatic carbocycles. The minimum atomic E-state index is -0.00241. The third kappa shape index (κ3) is 1.39. The molecule has 0 atom stereocenters. The van der Waals surface area contributed by atoms with Crippen LogP contribution in [0.3, 0.4) is 0 Å². The van der Waals surface area contributed by atoms with E-state index in [1.54, 1.807) is 4.57 Å². The van der Waals surface area contributed by atoms with E-state index in [1.807, 2.05) is 54.6 Å². The number of nitrogens with one attached hydrogen (secondary N) is 1. The molecule has 88 valence electrons. The third-order valence-corrected chi connectivity index (χ3v) is 2.95. The van der Waals surface area contributed by atoms with Crippen molar-refractivity contribution in [3.8, 4) is 11.6 Å². The summed E-state index contributed by atoms with van der Waals surface area (Å²) >= 11 is 0. The molecule has 0 saturated heterocycles. The topological polar surface area (TPSA) is 61.4 Å². The first-order valence-electron chi connectivity index (χ1n) is 5.58. The van der Waals surface area contributed by atoms with Crippen LogP contribution >= 0.6 is 0 Å². The Balaban J connectivity index is 2.43. The fourth-order valence-electron chi connectivity index (χ4n) is 2.16. The van der Waals surface area contributed by atoms with Gasteiger partial charge < -0.3 is 5.11 Å². The van der Waals surface area contributed by atoms with Gasteiger partial charge in [0.25, 0.3) is 0 Å². The number of benzene rings is 2. The quantitative estimate of drug-likeness (QED) is 0.650. The summed E-state index contributed by atoms with van der Waals surface area (Å²) in [5.74, 6) is -0.00241. The fourth-order valence-corrected chi connectivity index (χ4v) is 2.16. The summed E-state index contributed by atoms with van der Waals surface area (Å²) in [6, 6.07) is 17.0. The lowest BCUT2D eigenvalue weighted by Crippen LogP contribution is -1.91. The highest BCUT2D eigenvalue weighted by molar-refractivity contribution is 5.96. The van der Waals surface area contributed by atoms with Crippen molar-refractivity contribution in [2.24, 2.45) is 5.11 Å². The van der Waals surface area contributed by atoms with Crippen molar-refractivity contribution < 1.29 is 5.11 Å². The van der Waals surface area contributed by atoms with Crippen LogP contribution in [0.4, 0.5) is 5.69 Å². The Morgan fingerprint density at radius 1 is 0.944 bits per heavy atom. The molecule has 0 aliphatic carbocycles. The molecule has 0 aliphatic heterocycles. The third-order valence-electron chi connectivity index (χ3n) is 2.95. The number of hydrogen-bond acceptors (Lipinski definition) is 3. The Bertz CT molecular complexity index is 716. The van der Waals surface area contributed by atoms with Gasteiger partial charge in [-0.2, -0.15) is 5.11 Å². The summed E-state index contributed by atoms with van der Waals surface area (Å²) in [4.78, 5) is 0. The van der Waals surface area contributed by atoms with Crippen LogP contribution in [0, 0.1) is 5.53 Å². The molecule has 0 aliphatic rings. The molecule has 3 rings (SSSR count). The van der Waals surface area contributed by atoms with E-state index in [4.69, 9.17) is 5.53 Å². The molecule has 1 aromatic heterocycles. The molecule has 18 heavy (non-hydrogen) atoms. The Labute approximate surface area is 104 Å². The molecule has 0 fully saturated rings. The van der Waals surface area contributed by atoms with Gasteiger partial charge in [-0.25, -0.2) is 5.53 Å². The predicted octanol–water partition coefficient (Wildman–Crippen LogP) is 4.00. The van der Waals surface area contributed by atoms with E-state index in [9.17, 15) is 5.11 Å². The van der Waals surface area contributed by atoms with Crippen molar-refractivity contribution in [1.29, 1.82) is 5.53 Å². The fraction of sp³-hybridized carbons (Fsp3) is 0. The van der Waals surface area contributed by atoms with Crippen LogP contribution in [-0.2, 0) is 0 Å². The highest BCUT2D eigenvalue weighted by Crippen LogP contribution is 2.40. The summed E-state index contributed by atoms with van der Waals surface area (Å²) in [7, 11) is 0. The molecule has 4 heteroatoms. The molecule has 4 nitrogen and oxygen atoms in total. The highest BCUT2D eigenvalue weighted by Gasteiger charge is 2.16. The molecule has 1 heterocycles. The molecule has 0 bridgehead atoms. The molecule has 3 aromatic rings. The Hall–Kier alpha value is -2.62. The number of fused-ring (bicyclic) bond motifs is 1. The van der Waals surface area contributed by atoms with Crippen molar-refractivity contribution in [3.63, 3.8) is 0 Å². The summed E-state index contributed by atoms with van der Waals surface area (Å²) in [5.41, 5.74) is 9.18. The second kappa shape index (κ2) is 4.00. The number of rotatable bonds is 2. The van der Waals surface area contributed by atoms with Gasteiger partial charge in [-0.1, -0.05) is 36.4 Å². The van der Waals surface area contributed by atoms with Crippen LogP contribution in [0.5, 0.6) is 5.88 Å². The minimum Gasteiger partial charge on any atom is -0.493 e. The van der Waals surface area contributed by atoms with Crippen LogP contribution < -0.4 is 0 Å². The van der Waals surface area contributed by atoms with Crippen molar-refractivity contribution in [2.45, 2.75) is 0 Å². The van der Waals surface area contributed by atoms with Crippen LogP contribution in [0.2, 0.25) is 0 Å². The molecular weight excluding hydrogens is 226 g/mol.